The van der Waals surface area contributed by atoms with Gasteiger partial charge in [0.15, 0.2) is 0 Å². The molecule has 1 aliphatic heterocycles. The number of nitrogens with one attached hydrogen (secondary N) is 1. The molecule has 3 aromatic rings. The maximum Gasteiger partial charge on any atom is 0.354 e. The molecule has 33 heavy (non-hydrogen) atoms. The molecule has 1 amide bonds. The van der Waals surface area contributed by atoms with Crippen molar-refractivity contribution in [2.45, 2.75) is 39.8 Å². The molecule has 1 aliphatic rings. The Kier molecular flexibility index (Phi) is 6.53. The van der Waals surface area contributed by atoms with Crippen LogP contribution in [0.4, 0.5) is 5.69 Å². The summed E-state index contributed by atoms with van der Waals surface area (Å²) in [5.74, 6) is -0.710. The van der Waals surface area contributed by atoms with E-state index < -0.39 is 12.0 Å². The van der Waals surface area contributed by atoms with Gasteiger partial charge in [-0.25, -0.2) is 9.48 Å². The second-order valence-corrected chi connectivity index (χ2v) is 7.78. The number of aryl methyl sites for hydroxylation is 1. The largest absolute Gasteiger partial charge is 0.461 e. The molecule has 8 heteroatoms. The lowest BCUT2D eigenvalue weighted by Gasteiger charge is -2.22. The minimum Gasteiger partial charge on any atom is -0.461 e. The lowest BCUT2D eigenvalue weighted by Crippen LogP contribution is -2.42. The predicted octanol–water partition coefficient (Wildman–Crippen LogP) is 3.30. The number of hydrogen-bond donors (Lipinski definition) is 1. The predicted molar refractivity (Wildman–Crippen MR) is 126 cm³/mol. The summed E-state index contributed by atoms with van der Waals surface area (Å²) in [6, 6.07) is 18.6. The fraction of sp³-hybridized carbons (Fsp3) is 0.280. The summed E-state index contributed by atoms with van der Waals surface area (Å²) in [4.78, 5) is 25.5. The van der Waals surface area contributed by atoms with Gasteiger partial charge in [-0.05, 0) is 45.0 Å². The Morgan fingerprint density at radius 1 is 1.03 bits per heavy atom. The number of esters is 1. The van der Waals surface area contributed by atoms with Gasteiger partial charge in [-0.1, -0.05) is 36.4 Å². The molecule has 0 fully saturated rings. The first-order valence-electron chi connectivity index (χ1n) is 11.0. The molecule has 8 nitrogen and oxygen atoms in total. The van der Waals surface area contributed by atoms with Gasteiger partial charge in [-0.2, -0.15) is 10.2 Å². The molecule has 0 saturated heterocycles. The molecule has 1 aromatic heterocycles. The summed E-state index contributed by atoms with van der Waals surface area (Å²) in [7, 11) is 0. The molecule has 2 aromatic carbocycles. The summed E-state index contributed by atoms with van der Waals surface area (Å²) in [5, 5.41) is 13.7. The third kappa shape index (κ3) is 4.64. The number of carbonyl (C=O) groups excluding carboxylic acids is 2. The summed E-state index contributed by atoms with van der Waals surface area (Å²) in [6.07, 6.45) is 0.181. The van der Waals surface area contributed by atoms with Crippen molar-refractivity contribution < 1.29 is 14.3 Å². The van der Waals surface area contributed by atoms with E-state index in [9.17, 15) is 9.59 Å². The van der Waals surface area contributed by atoms with Gasteiger partial charge in [-0.15, -0.1) is 0 Å². The van der Waals surface area contributed by atoms with Crippen LogP contribution in [0, 0.1) is 13.8 Å². The quantitative estimate of drug-likeness (QED) is 0.564. The highest BCUT2D eigenvalue weighted by Gasteiger charge is 2.36. The molecule has 0 spiro atoms. The number of nitrogens with zero attached hydrogens (tertiary/aromatic N) is 4. The van der Waals surface area contributed by atoms with Crippen LogP contribution in [0.2, 0.25) is 0 Å². The van der Waals surface area contributed by atoms with Crippen molar-refractivity contribution in [3.63, 3.8) is 0 Å². The fourth-order valence-electron chi connectivity index (χ4n) is 3.92. The van der Waals surface area contributed by atoms with E-state index in [4.69, 9.17) is 4.74 Å². The number of amides is 1. The normalized spacial score (nSPS) is 15.3. The van der Waals surface area contributed by atoms with Crippen molar-refractivity contribution in [2.24, 2.45) is 5.10 Å². The van der Waals surface area contributed by atoms with Gasteiger partial charge in [0.2, 0.25) is 5.91 Å². The van der Waals surface area contributed by atoms with Gasteiger partial charge in [0, 0.05) is 24.2 Å². The molecule has 0 bridgehead atoms. The average molecular weight is 446 g/mol. The van der Waals surface area contributed by atoms with Gasteiger partial charge in [0.1, 0.15) is 11.8 Å². The second-order valence-electron chi connectivity index (χ2n) is 7.78. The number of rotatable bonds is 7. The Hall–Kier alpha value is -3.94. The first-order valence-corrected chi connectivity index (χ1v) is 11.0. The van der Waals surface area contributed by atoms with E-state index >= 15 is 0 Å². The van der Waals surface area contributed by atoms with Crippen LogP contribution in [0.1, 0.15) is 30.3 Å². The molecular formula is C25H27N5O3. The van der Waals surface area contributed by atoms with Crippen LogP contribution < -0.4 is 10.3 Å². The van der Waals surface area contributed by atoms with Crippen LogP contribution >= 0.6 is 0 Å². The minimum atomic E-state index is -0.642. The molecule has 2 heterocycles. The molecule has 0 radical (unpaired) electrons. The standard InChI is InChI=1S/C25H27N5O3/c1-4-33-25(32)22-15-23(30(28-22)20-13-9-6-10-14-20)24(31)26-16-21-17(2)27-29(18(21)3)19-11-7-5-8-12-19/h5-14,23H,4,15-16H2,1-3H3,(H,26,31). The molecule has 0 saturated carbocycles. The lowest BCUT2D eigenvalue weighted by molar-refractivity contribution is -0.135. The highest BCUT2D eigenvalue weighted by atomic mass is 16.5. The Labute approximate surface area is 192 Å². The zero-order valence-corrected chi connectivity index (χ0v) is 19.0. The summed E-state index contributed by atoms with van der Waals surface area (Å²) < 4.78 is 6.98. The van der Waals surface area contributed by atoms with Gasteiger partial charge in [0.05, 0.1) is 23.7 Å². The number of ether oxygens (including phenoxy) is 1. The zero-order valence-electron chi connectivity index (χ0n) is 19.0. The maximum absolute atomic E-state index is 13.2. The number of para-hydroxylation sites is 2. The number of benzene rings is 2. The first kappa shape index (κ1) is 22.3. The molecule has 170 valence electrons. The molecule has 1 unspecified atom stereocenters. The molecule has 4 rings (SSSR count). The summed E-state index contributed by atoms with van der Waals surface area (Å²) in [6.45, 7) is 6.25. The van der Waals surface area contributed by atoms with E-state index in [-0.39, 0.29) is 24.6 Å². The van der Waals surface area contributed by atoms with Gasteiger partial charge in [0.25, 0.3) is 0 Å². The van der Waals surface area contributed by atoms with Crippen molar-refractivity contribution in [3.8, 4) is 5.69 Å². The van der Waals surface area contributed by atoms with Crippen LogP contribution in [0.15, 0.2) is 65.8 Å². The maximum atomic E-state index is 13.2. The van der Waals surface area contributed by atoms with E-state index in [0.717, 1.165) is 28.3 Å². The van der Waals surface area contributed by atoms with Crippen LogP contribution in [-0.2, 0) is 20.9 Å². The SMILES string of the molecule is CCOC(=O)C1=NN(c2ccccc2)C(C(=O)NCc2c(C)nn(-c3ccccc3)c2C)C1. The van der Waals surface area contributed by atoms with Crippen molar-refractivity contribution in [1.29, 1.82) is 0 Å². The molecule has 1 N–H and O–H groups in total. The Morgan fingerprint density at radius 2 is 1.67 bits per heavy atom. The minimum absolute atomic E-state index is 0.181. The number of carbonyl (C=O) groups is 2. The monoisotopic (exact) mass is 445 g/mol. The van der Waals surface area contributed by atoms with Gasteiger partial charge < -0.3 is 10.1 Å². The van der Waals surface area contributed by atoms with Crippen LogP contribution in [0.3, 0.4) is 0 Å². The lowest BCUT2D eigenvalue weighted by atomic mass is 10.1. The number of aromatic nitrogens is 2. The topological polar surface area (TPSA) is 88.8 Å². The van der Waals surface area contributed by atoms with E-state index in [1.165, 1.54) is 0 Å². The van der Waals surface area contributed by atoms with Crippen LogP contribution in [0.5, 0.6) is 0 Å². The van der Waals surface area contributed by atoms with Gasteiger partial charge in [-0.3, -0.25) is 9.80 Å². The molecule has 0 aliphatic carbocycles. The second kappa shape index (κ2) is 9.68. The van der Waals surface area contributed by atoms with Crippen LogP contribution in [0.25, 0.3) is 5.69 Å². The Morgan fingerprint density at radius 3 is 2.30 bits per heavy atom. The number of anilines is 1. The van der Waals surface area contributed by atoms with Gasteiger partial charge >= 0.3 is 5.97 Å². The van der Waals surface area contributed by atoms with Crippen LogP contribution in [-0.4, -0.2) is 40.0 Å². The van der Waals surface area contributed by atoms with Crippen molar-refractivity contribution in [3.05, 3.63) is 77.6 Å². The third-order valence-electron chi connectivity index (χ3n) is 5.63. The highest BCUT2D eigenvalue weighted by Crippen LogP contribution is 2.25. The summed E-state index contributed by atoms with van der Waals surface area (Å²) in [5.41, 5.74) is 4.73. The van der Waals surface area contributed by atoms with E-state index in [1.54, 1.807) is 11.9 Å². The third-order valence-corrected chi connectivity index (χ3v) is 5.63. The number of hydrogen-bond acceptors (Lipinski definition) is 6. The molecular weight excluding hydrogens is 418 g/mol. The smallest absolute Gasteiger partial charge is 0.354 e. The van der Waals surface area contributed by atoms with E-state index in [0.29, 0.717) is 6.54 Å². The average Bonchev–Trinajstić information content (AvgIpc) is 3.40. The highest BCUT2D eigenvalue weighted by molar-refractivity contribution is 6.38. The van der Waals surface area contributed by atoms with Crippen molar-refractivity contribution in [2.75, 3.05) is 11.6 Å². The van der Waals surface area contributed by atoms with Crippen molar-refractivity contribution >= 4 is 23.3 Å². The first-order chi connectivity index (χ1) is 16.0. The zero-order chi connectivity index (χ0) is 23.4. The van der Waals surface area contributed by atoms with E-state index in [1.807, 2.05) is 79.2 Å². The summed E-state index contributed by atoms with van der Waals surface area (Å²) >= 11 is 0. The van der Waals surface area contributed by atoms with Crippen molar-refractivity contribution in [1.82, 2.24) is 15.1 Å². The Bertz CT molecular complexity index is 1170. The molecule has 1 atom stereocenters. The fourth-order valence-corrected chi connectivity index (χ4v) is 3.92. The number of hydrazone groups is 1. The Balaban J connectivity index is 1.52. The van der Waals surface area contributed by atoms with E-state index in [2.05, 4.69) is 15.5 Å².